The molecule has 0 aliphatic rings. The Balaban J connectivity index is 3.43. The molecule has 0 atom stereocenters. The molecular formula is C14H27N. The number of hydrogen-bond donors (Lipinski definition) is 1. The molecule has 0 fully saturated rings. The summed E-state index contributed by atoms with van der Waals surface area (Å²) in [7, 11) is 0. The quantitative estimate of drug-likeness (QED) is 0.452. The molecule has 0 aromatic rings. The van der Waals surface area contributed by atoms with Gasteiger partial charge >= 0.3 is 0 Å². The minimum atomic E-state index is 0.436. The second-order valence-corrected chi connectivity index (χ2v) is 5.11. The fraction of sp³-hybridized carbons (Fsp3) is 0.857. The number of terminal acetylenes is 1. The summed E-state index contributed by atoms with van der Waals surface area (Å²) in [5.74, 6) is 2.67. The largest absolute Gasteiger partial charge is 0.316 e. The van der Waals surface area contributed by atoms with E-state index in [4.69, 9.17) is 6.42 Å². The Morgan fingerprint density at radius 1 is 1.20 bits per heavy atom. The monoisotopic (exact) mass is 209 g/mol. The van der Waals surface area contributed by atoms with Crippen LogP contribution in [0.2, 0.25) is 0 Å². The van der Waals surface area contributed by atoms with Gasteiger partial charge in [0, 0.05) is 13.0 Å². The lowest BCUT2D eigenvalue weighted by molar-refractivity contribution is 0.302. The average Bonchev–Trinajstić information content (AvgIpc) is 2.17. The molecular weight excluding hydrogens is 182 g/mol. The lowest BCUT2D eigenvalue weighted by Crippen LogP contribution is -2.30. The summed E-state index contributed by atoms with van der Waals surface area (Å²) in [6.07, 6.45) is 12.5. The Kier molecular flexibility index (Phi) is 8.52. The minimum absolute atomic E-state index is 0.436. The van der Waals surface area contributed by atoms with Crippen molar-refractivity contribution in [3.05, 3.63) is 0 Å². The van der Waals surface area contributed by atoms with Crippen LogP contribution in [0.5, 0.6) is 0 Å². The van der Waals surface area contributed by atoms with E-state index in [1.807, 2.05) is 0 Å². The molecule has 0 unspecified atom stereocenters. The minimum Gasteiger partial charge on any atom is -0.316 e. The third-order valence-corrected chi connectivity index (χ3v) is 2.74. The molecule has 0 aromatic heterocycles. The van der Waals surface area contributed by atoms with Crippen LogP contribution in [0.4, 0.5) is 0 Å². The highest BCUT2D eigenvalue weighted by molar-refractivity contribution is 4.83. The maximum absolute atomic E-state index is 5.20. The first-order valence-corrected chi connectivity index (χ1v) is 6.26. The maximum atomic E-state index is 5.20. The highest BCUT2D eigenvalue weighted by Crippen LogP contribution is 2.22. The molecule has 0 aromatic carbocycles. The summed E-state index contributed by atoms with van der Waals surface area (Å²) in [6.45, 7) is 9.11. The van der Waals surface area contributed by atoms with Crippen LogP contribution in [0.15, 0.2) is 0 Å². The number of rotatable bonds is 9. The molecule has 0 bridgehead atoms. The van der Waals surface area contributed by atoms with Crippen LogP contribution < -0.4 is 5.32 Å². The van der Waals surface area contributed by atoms with Gasteiger partial charge in [-0.05, 0) is 24.8 Å². The third kappa shape index (κ3) is 9.82. The normalized spacial score (nSPS) is 11.3. The topological polar surface area (TPSA) is 12.0 Å². The van der Waals surface area contributed by atoms with Gasteiger partial charge in [0.15, 0.2) is 0 Å². The molecule has 0 amide bonds. The first-order chi connectivity index (χ1) is 7.12. The van der Waals surface area contributed by atoms with Crippen LogP contribution in [0.1, 0.15) is 59.3 Å². The smallest absolute Gasteiger partial charge is 0.00981 e. The third-order valence-electron chi connectivity index (χ3n) is 2.74. The van der Waals surface area contributed by atoms with E-state index in [1.165, 1.54) is 25.7 Å². The zero-order valence-corrected chi connectivity index (χ0v) is 10.7. The molecule has 0 aliphatic carbocycles. The standard InChI is InChI=1S/C14H27N/c1-5-7-9-11-14(3,4)13-15-12-10-8-6-2/h2,15H,5,7-13H2,1,3-4H3. The molecule has 1 N–H and O–H groups in total. The van der Waals surface area contributed by atoms with Crippen LogP contribution in [0, 0.1) is 17.8 Å². The Labute approximate surface area is 96.0 Å². The zero-order chi connectivity index (χ0) is 11.6. The van der Waals surface area contributed by atoms with Crippen molar-refractivity contribution in [1.29, 1.82) is 0 Å². The van der Waals surface area contributed by atoms with E-state index in [-0.39, 0.29) is 0 Å². The van der Waals surface area contributed by atoms with Gasteiger partial charge in [0.25, 0.3) is 0 Å². The number of hydrogen-bond acceptors (Lipinski definition) is 1. The van der Waals surface area contributed by atoms with E-state index in [1.54, 1.807) is 0 Å². The fourth-order valence-electron chi connectivity index (χ4n) is 1.68. The van der Waals surface area contributed by atoms with Crippen LogP contribution in [0.3, 0.4) is 0 Å². The number of unbranched alkanes of at least 4 members (excludes halogenated alkanes) is 3. The molecule has 0 aliphatic heterocycles. The second-order valence-electron chi connectivity index (χ2n) is 5.11. The molecule has 0 spiro atoms. The summed E-state index contributed by atoms with van der Waals surface area (Å²) in [6, 6.07) is 0. The molecule has 0 saturated carbocycles. The molecule has 1 nitrogen and oxygen atoms in total. The summed E-state index contributed by atoms with van der Waals surface area (Å²) in [4.78, 5) is 0. The zero-order valence-electron chi connectivity index (χ0n) is 10.7. The van der Waals surface area contributed by atoms with Gasteiger partial charge in [0.1, 0.15) is 0 Å². The summed E-state index contributed by atoms with van der Waals surface area (Å²) >= 11 is 0. The Morgan fingerprint density at radius 3 is 2.53 bits per heavy atom. The van der Waals surface area contributed by atoms with Crippen molar-refractivity contribution in [2.24, 2.45) is 5.41 Å². The van der Waals surface area contributed by atoms with Crippen molar-refractivity contribution in [3.8, 4) is 12.3 Å². The average molecular weight is 209 g/mol. The predicted molar refractivity (Wildman–Crippen MR) is 68.9 cm³/mol. The summed E-state index contributed by atoms with van der Waals surface area (Å²) in [5, 5.41) is 3.49. The van der Waals surface area contributed by atoms with Crippen LogP contribution in [-0.4, -0.2) is 13.1 Å². The van der Waals surface area contributed by atoms with Crippen LogP contribution >= 0.6 is 0 Å². The molecule has 1 heteroatoms. The maximum Gasteiger partial charge on any atom is 0.00981 e. The van der Waals surface area contributed by atoms with Gasteiger partial charge < -0.3 is 5.32 Å². The van der Waals surface area contributed by atoms with Crippen molar-refractivity contribution >= 4 is 0 Å². The van der Waals surface area contributed by atoms with Gasteiger partial charge in [0.2, 0.25) is 0 Å². The molecule has 0 radical (unpaired) electrons. The van der Waals surface area contributed by atoms with E-state index in [2.05, 4.69) is 32.0 Å². The van der Waals surface area contributed by atoms with E-state index in [0.29, 0.717) is 5.41 Å². The highest BCUT2D eigenvalue weighted by atomic mass is 14.9. The van der Waals surface area contributed by atoms with E-state index in [0.717, 1.165) is 25.9 Å². The number of nitrogens with one attached hydrogen (secondary N) is 1. The van der Waals surface area contributed by atoms with E-state index < -0.39 is 0 Å². The summed E-state index contributed by atoms with van der Waals surface area (Å²) < 4.78 is 0. The van der Waals surface area contributed by atoms with Crippen molar-refractivity contribution < 1.29 is 0 Å². The predicted octanol–water partition coefficient (Wildman–Crippen LogP) is 3.60. The highest BCUT2D eigenvalue weighted by Gasteiger charge is 2.15. The summed E-state index contributed by atoms with van der Waals surface area (Å²) in [5.41, 5.74) is 0.436. The van der Waals surface area contributed by atoms with E-state index >= 15 is 0 Å². The first kappa shape index (κ1) is 14.5. The lowest BCUT2D eigenvalue weighted by atomic mass is 9.87. The van der Waals surface area contributed by atoms with Crippen LogP contribution in [0.25, 0.3) is 0 Å². The van der Waals surface area contributed by atoms with Crippen molar-refractivity contribution in [1.82, 2.24) is 5.32 Å². The van der Waals surface area contributed by atoms with E-state index in [9.17, 15) is 0 Å². The molecule has 0 rings (SSSR count). The molecule has 15 heavy (non-hydrogen) atoms. The van der Waals surface area contributed by atoms with Gasteiger partial charge in [-0.25, -0.2) is 0 Å². The van der Waals surface area contributed by atoms with Gasteiger partial charge in [0.05, 0.1) is 0 Å². The van der Waals surface area contributed by atoms with Crippen molar-refractivity contribution in [2.75, 3.05) is 13.1 Å². The molecule has 88 valence electrons. The Morgan fingerprint density at radius 2 is 1.93 bits per heavy atom. The van der Waals surface area contributed by atoms with Crippen molar-refractivity contribution in [2.45, 2.75) is 59.3 Å². The van der Waals surface area contributed by atoms with Gasteiger partial charge in [-0.2, -0.15) is 0 Å². The second kappa shape index (κ2) is 8.80. The van der Waals surface area contributed by atoms with Crippen molar-refractivity contribution in [3.63, 3.8) is 0 Å². The first-order valence-electron chi connectivity index (χ1n) is 6.26. The molecule has 0 saturated heterocycles. The SMILES string of the molecule is C#CCCCNCC(C)(C)CCCCC. The fourth-order valence-corrected chi connectivity index (χ4v) is 1.68. The van der Waals surface area contributed by atoms with Gasteiger partial charge in [-0.3, -0.25) is 0 Å². The van der Waals surface area contributed by atoms with Gasteiger partial charge in [-0.15, -0.1) is 12.3 Å². The van der Waals surface area contributed by atoms with Gasteiger partial charge in [-0.1, -0.05) is 40.0 Å². The Hall–Kier alpha value is -0.480. The van der Waals surface area contributed by atoms with Crippen LogP contribution in [-0.2, 0) is 0 Å². The molecule has 0 heterocycles. The Bertz CT molecular complexity index is 176. The lowest BCUT2D eigenvalue weighted by Gasteiger charge is -2.25.